The fourth-order valence-electron chi connectivity index (χ4n) is 4.45. The summed E-state index contributed by atoms with van der Waals surface area (Å²) >= 11 is 1.22. The van der Waals surface area contributed by atoms with Crippen molar-refractivity contribution in [1.82, 2.24) is 9.55 Å². The first-order valence-electron chi connectivity index (χ1n) is 12.6. The van der Waals surface area contributed by atoms with Gasteiger partial charge in [0.05, 0.1) is 23.2 Å². The Bertz CT molecular complexity index is 1710. The minimum Gasteiger partial charge on any atom is -0.322 e. The SMILES string of the molecule is Cc1cc(C)cc(NC(=O)c2ccc3c(=O)n(Cc4ccccc4)c(SCC(=O)c4ccccc4)nc3c2)c1. The summed E-state index contributed by atoms with van der Waals surface area (Å²) in [6.07, 6.45) is 0. The normalized spacial score (nSPS) is 10.9. The summed E-state index contributed by atoms with van der Waals surface area (Å²) in [6.45, 7) is 4.27. The van der Waals surface area contributed by atoms with Crippen molar-refractivity contribution in [3.05, 3.63) is 135 Å². The highest BCUT2D eigenvalue weighted by Gasteiger charge is 2.17. The van der Waals surface area contributed by atoms with Crippen LogP contribution in [0.1, 0.15) is 37.4 Å². The van der Waals surface area contributed by atoms with E-state index < -0.39 is 0 Å². The second-order valence-electron chi connectivity index (χ2n) is 9.41. The van der Waals surface area contributed by atoms with Crippen molar-refractivity contribution >= 4 is 40.0 Å². The predicted octanol–water partition coefficient (Wildman–Crippen LogP) is 6.29. The molecule has 0 spiro atoms. The summed E-state index contributed by atoms with van der Waals surface area (Å²) in [4.78, 5) is 44.3. The van der Waals surface area contributed by atoms with Gasteiger partial charge in [0, 0.05) is 16.8 Å². The number of nitrogens with zero attached hydrogens (tertiary/aromatic N) is 2. The molecule has 5 aromatic rings. The Labute approximate surface area is 230 Å². The van der Waals surface area contributed by atoms with E-state index in [1.165, 1.54) is 11.8 Å². The number of amides is 1. The summed E-state index contributed by atoms with van der Waals surface area (Å²) in [7, 11) is 0. The average Bonchev–Trinajstić information content (AvgIpc) is 2.93. The maximum absolute atomic E-state index is 13.6. The first-order valence-corrected chi connectivity index (χ1v) is 13.5. The molecule has 0 bridgehead atoms. The Morgan fingerprint density at radius 1 is 0.821 bits per heavy atom. The molecule has 7 heteroatoms. The molecule has 0 saturated carbocycles. The second-order valence-corrected chi connectivity index (χ2v) is 10.4. The van der Waals surface area contributed by atoms with Crippen molar-refractivity contribution in [3.63, 3.8) is 0 Å². The molecule has 0 aliphatic carbocycles. The van der Waals surface area contributed by atoms with Crippen LogP contribution in [0.4, 0.5) is 5.69 Å². The maximum atomic E-state index is 13.6. The third-order valence-corrected chi connectivity index (χ3v) is 7.25. The Hall–Kier alpha value is -4.49. The number of anilines is 1. The zero-order valence-electron chi connectivity index (χ0n) is 21.7. The first-order chi connectivity index (χ1) is 18.9. The molecular formula is C32H27N3O3S. The molecule has 6 nitrogen and oxygen atoms in total. The Morgan fingerprint density at radius 3 is 2.18 bits per heavy atom. The highest BCUT2D eigenvalue weighted by Crippen LogP contribution is 2.22. The van der Waals surface area contributed by atoms with Gasteiger partial charge in [-0.2, -0.15) is 0 Å². The van der Waals surface area contributed by atoms with Crippen LogP contribution in [-0.4, -0.2) is 27.0 Å². The molecule has 0 atom stereocenters. The van der Waals surface area contributed by atoms with Crippen molar-refractivity contribution in [2.75, 3.05) is 11.1 Å². The molecule has 0 unspecified atom stereocenters. The lowest BCUT2D eigenvalue weighted by molar-refractivity contribution is 0.101. The summed E-state index contributed by atoms with van der Waals surface area (Å²) in [5.41, 5.74) is 4.94. The third-order valence-electron chi connectivity index (χ3n) is 6.27. The number of rotatable bonds is 8. The molecule has 0 radical (unpaired) electrons. The van der Waals surface area contributed by atoms with Crippen molar-refractivity contribution in [1.29, 1.82) is 0 Å². The number of nitrogens with one attached hydrogen (secondary N) is 1. The second kappa shape index (κ2) is 11.5. The third kappa shape index (κ3) is 6.16. The van der Waals surface area contributed by atoms with Crippen LogP contribution in [0.25, 0.3) is 10.9 Å². The molecule has 1 heterocycles. The smallest absolute Gasteiger partial charge is 0.262 e. The minimum atomic E-state index is -0.286. The quantitative estimate of drug-likeness (QED) is 0.144. The van der Waals surface area contributed by atoms with Gasteiger partial charge in [0.1, 0.15) is 0 Å². The van der Waals surface area contributed by atoms with Crippen molar-refractivity contribution < 1.29 is 9.59 Å². The number of carbonyl (C=O) groups excluding carboxylic acids is 2. The Balaban J connectivity index is 1.50. The Kier molecular flexibility index (Phi) is 7.70. The lowest BCUT2D eigenvalue weighted by atomic mass is 10.1. The number of aromatic nitrogens is 2. The maximum Gasteiger partial charge on any atom is 0.262 e. The van der Waals surface area contributed by atoms with Gasteiger partial charge in [0.25, 0.3) is 11.5 Å². The molecule has 0 saturated heterocycles. The standard InChI is InChI=1S/C32H27N3O3S/c1-21-15-22(2)17-26(16-21)33-30(37)25-13-14-27-28(18-25)34-32(39-20-29(36)24-11-7-4-8-12-24)35(31(27)38)19-23-9-5-3-6-10-23/h3-18H,19-20H2,1-2H3,(H,33,37). The zero-order chi connectivity index (χ0) is 27.4. The molecule has 4 aromatic carbocycles. The molecule has 0 fully saturated rings. The topological polar surface area (TPSA) is 81.1 Å². The van der Waals surface area contributed by atoms with Gasteiger partial charge < -0.3 is 5.32 Å². The Morgan fingerprint density at radius 2 is 1.49 bits per heavy atom. The summed E-state index contributed by atoms with van der Waals surface area (Å²) < 4.78 is 1.59. The van der Waals surface area contributed by atoms with Crippen LogP contribution in [0.2, 0.25) is 0 Å². The monoisotopic (exact) mass is 533 g/mol. The van der Waals surface area contributed by atoms with Gasteiger partial charge in [-0.3, -0.25) is 19.0 Å². The molecule has 194 valence electrons. The summed E-state index contributed by atoms with van der Waals surface area (Å²) in [5, 5.41) is 3.77. The van der Waals surface area contributed by atoms with Gasteiger partial charge >= 0.3 is 0 Å². The largest absolute Gasteiger partial charge is 0.322 e. The first kappa shape index (κ1) is 26.1. The zero-order valence-corrected chi connectivity index (χ0v) is 22.5. The van der Waals surface area contributed by atoms with Gasteiger partial charge in [0.2, 0.25) is 0 Å². The van der Waals surface area contributed by atoms with Crippen molar-refractivity contribution in [2.24, 2.45) is 0 Å². The van der Waals surface area contributed by atoms with Gasteiger partial charge in [-0.05, 0) is 60.9 Å². The van der Waals surface area contributed by atoms with E-state index >= 15 is 0 Å². The molecular weight excluding hydrogens is 506 g/mol. The summed E-state index contributed by atoms with van der Waals surface area (Å²) in [5.74, 6) is -0.211. The van der Waals surface area contributed by atoms with Crippen LogP contribution < -0.4 is 10.9 Å². The highest BCUT2D eigenvalue weighted by atomic mass is 32.2. The predicted molar refractivity (Wildman–Crippen MR) is 157 cm³/mol. The van der Waals surface area contributed by atoms with E-state index in [0.717, 1.165) is 16.7 Å². The lowest BCUT2D eigenvalue weighted by Crippen LogP contribution is -2.24. The fraction of sp³-hybridized carbons (Fsp3) is 0.125. The van der Waals surface area contributed by atoms with Gasteiger partial charge in [-0.1, -0.05) is 78.5 Å². The van der Waals surface area contributed by atoms with E-state index in [0.29, 0.717) is 39.4 Å². The van der Waals surface area contributed by atoms with E-state index in [1.54, 1.807) is 34.9 Å². The number of aryl methyl sites for hydroxylation is 2. The van der Waals surface area contributed by atoms with E-state index in [2.05, 4.69) is 5.32 Å². The minimum absolute atomic E-state index is 0.0530. The number of hydrogen-bond donors (Lipinski definition) is 1. The molecule has 39 heavy (non-hydrogen) atoms. The molecule has 5 rings (SSSR count). The fourth-order valence-corrected chi connectivity index (χ4v) is 5.34. The molecule has 1 aromatic heterocycles. The number of ketones is 1. The number of benzene rings is 4. The molecule has 1 N–H and O–H groups in total. The number of Topliss-reactive ketones (excluding diaryl/α,β-unsaturated/α-hetero) is 1. The van der Waals surface area contributed by atoms with Gasteiger partial charge in [-0.25, -0.2) is 4.98 Å². The van der Waals surface area contributed by atoms with Crippen LogP contribution in [0.5, 0.6) is 0 Å². The number of thioether (sulfide) groups is 1. The lowest BCUT2D eigenvalue weighted by Gasteiger charge is -2.14. The average molecular weight is 534 g/mol. The van der Waals surface area contributed by atoms with Crippen LogP contribution in [-0.2, 0) is 6.54 Å². The van der Waals surface area contributed by atoms with Gasteiger partial charge in [-0.15, -0.1) is 0 Å². The van der Waals surface area contributed by atoms with Crippen molar-refractivity contribution in [3.8, 4) is 0 Å². The number of hydrogen-bond acceptors (Lipinski definition) is 5. The molecule has 0 aliphatic rings. The number of fused-ring (bicyclic) bond motifs is 1. The molecule has 0 aliphatic heterocycles. The van der Waals surface area contributed by atoms with Gasteiger partial charge in [0.15, 0.2) is 10.9 Å². The van der Waals surface area contributed by atoms with E-state index in [-0.39, 0.29) is 23.0 Å². The van der Waals surface area contributed by atoms with Crippen LogP contribution in [0.3, 0.4) is 0 Å². The van der Waals surface area contributed by atoms with E-state index in [4.69, 9.17) is 4.98 Å². The van der Waals surface area contributed by atoms with Crippen molar-refractivity contribution in [2.45, 2.75) is 25.5 Å². The van der Waals surface area contributed by atoms with Crippen LogP contribution >= 0.6 is 11.8 Å². The van der Waals surface area contributed by atoms with E-state index in [1.807, 2.05) is 80.6 Å². The number of carbonyl (C=O) groups is 2. The summed E-state index contributed by atoms with van der Waals surface area (Å²) in [6, 6.07) is 29.5. The van der Waals surface area contributed by atoms with Crippen LogP contribution in [0.15, 0.2) is 107 Å². The van der Waals surface area contributed by atoms with E-state index in [9.17, 15) is 14.4 Å². The highest BCUT2D eigenvalue weighted by molar-refractivity contribution is 7.99. The molecule has 1 amide bonds. The van der Waals surface area contributed by atoms with Crippen LogP contribution in [0, 0.1) is 13.8 Å².